The lowest BCUT2D eigenvalue weighted by molar-refractivity contribution is 0.234. The summed E-state index contributed by atoms with van der Waals surface area (Å²) in [5.41, 5.74) is 0.530. The first kappa shape index (κ1) is 18.3. The van der Waals surface area contributed by atoms with Gasteiger partial charge in [0.1, 0.15) is 23.0 Å². The SMILES string of the molecule is CCOc1ccc(OCNC(=O)Nc2ccc(OC)cc2OC)cc1. The van der Waals surface area contributed by atoms with Crippen molar-refractivity contribution in [3.63, 3.8) is 0 Å². The number of hydrogen-bond donors (Lipinski definition) is 2. The van der Waals surface area contributed by atoms with Crippen molar-refractivity contribution < 1.29 is 23.7 Å². The van der Waals surface area contributed by atoms with Crippen molar-refractivity contribution in [3.8, 4) is 23.0 Å². The van der Waals surface area contributed by atoms with Gasteiger partial charge >= 0.3 is 6.03 Å². The Labute approximate surface area is 146 Å². The lowest BCUT2D eigenvalue weighted by Gasteiger charge is -2.13. The summed E-state index contributed by atoms with van der Waals surface area (Å²) >= 11 is 0. The lowest BCUT2D eigenvalue weighted by Crippen LogP contribution is -2.32. The quantitative estimate of drug-likeness (QED) is 0.718. The van der Waals surface area contributed by atoms with E-state index in [1.54, 1.807) is 49.6 Å². The van der Waals surface area contributed by atoms with Crippen LogP contribution in [0, 0.1) is 0 Å². The van der Waals surface area contributed by atoms with E-state index in [2.05, 4.69) is 10.6 Å². The van der Waals surface area contributed by atoms with Crippen molar-refractivity contribution in [2.24, 2.45) is 0 Å². The zero-order valence-electron chi connectivity index (χ0n) is 14.5. The Morgan fingerprint density at radius 2 is 1.56 bits per heavy atom. The fourth-order valence-electron chi connectivity index (χ4n) is 2.05. The lowest BCUT2D eigenvalue weighted by atomic mass is 10.2. The molecule has 0 aliphatic rings. The number of amides is 2. The van der Waals surface area contributed by atoms with Gasteiger partial charge in [-0.05, 0) is 43.3 Å². The Hall–Kier alpha value is -3.09. The monoisotopic (exact) mass is 346 g/mol. The number of carbonyl (C=O) groups excluding carboxylic acids is 1. The largest absolute Gasteiger partial charge is 0.497 e. The fourth-order valence-corrected chi connectivity index (χ4v) is 2.05. The average Bonchev–Trinajstić information content (AvgIpc) is 2.63. The molecule has 2 N–H and O–H groups in total. The number of nitrogens with one attached hydrogen (secondary N) is 2. The third-order valence-electron chi connectivity index (χ3n) is 3.26. The molecule has 0 saturated carbocycles. The third-order valence-corrected chi connectivity index (χ3v) is 3.26. The van der Waals surface area contributed by atoms with Crippen molar-refractivity contribution >= 4 is 11.7 Å². The van der Waals surface area contributed by atoms with Gasteiger partial charge in [0, 0.05) is 6.07 Å². The van der Waals surface area contributed by atoms with Crippen LogP contribution >= 0.6 is 0 Å². The number of urea groups is 1. The zero-order valence-corrected chi connectivity index (χ0v) is 14.5. The summed E-state index contributed by atoms with van der Waals surface area (Å²) in [7, 11) is 3.08. The van der Waals surface area contributed by atoms with Crippen LogP contribution in [0.4, 0.5) is 10.5 Å². The molecule has 0 aliphatic heterocycles. The molecule has 7 heteroatoms. The predicted octanol–water partition coefficient (Wildman–Crippen LogP) is 3.26. The highest BCUT2D eigenvalue weighted by molar-refractivity contribution is 5.91. The molecule has 2 rings (SSSR count). The van der Waals surface area contributed by atoms with Gasteiger partial charge in [0.25, 0.3) is 0 Å². The molecule has 25 heavy (non-hydrogen) atoms. The number of ether oxygens (including phenoxy) is 4. The number of carbonyl (C=O) groups is 1. The molecule has 0 spiro atoms. The van der Waals surface area contributed by atoms with Crippen molar-refractivity contribution in [1.29, 1.82) is 0 Å². The van der Waals surface area contributed by atoms with E-state index < -0.39 is 6.03 Å². The molecule has 0 aliphatic carbocycles. The number of anilines is 1. The van der Waals surface area contributed by atoms with E-state index in [1.807, 2.05) is 6.92 Å². The molecule has 0 fully saturated rings. The smallest absolute Gasteiger partial charge is 0.321 e. The van der Waals surface area contributed by atoms with Gasteiger partial charge in [0.15, 0.2) is 6.73 Å². The molecule has 0 bridgehead atoms. The van der Waals surface area contributed by atoms with Gasteiger partial charge in [-0.15, -0.1) is 0 Å². The van der Waals surface area contributed by atoms with Gasteiger partial charge < -0.3 is 29.6 Å². The topological polar surface area (TPSA) is 78.1 Å². The van der Waals surface area contributed by atoms with E-state index in [-0.39, 0.29) is 6.73 Å². The Balaban J connectivity index is 1.82. The molecular formula is C18H22N2O5. The van der Waals surface area contributed by atoms with Gasteiger partial charge in [-0.3, -0.25) is 0 Å². The minimum Gasteiger partial charge on any atom is -0.497 e. The van der Waals surface area contributed by atoms with Gasteiger partial charge in [-0.25, -0.2) is 4.79 Å². The second-order valence-corrected chi connectivity index (χ2v) is 4.89. The van der Waals surface area contributed by atoms with E-state index in [9.17, 15) is 4.79 Å². The molecule has 7 nitrogen and oxygen atoms in total. The maximum atomic E-state index is 12.0. The van der Waals surface area contributed by atoms with E-state index >= 15 is 0 Å². The summed E-state index contributed by atoms with van der Waals surface area (Å²) in [6.45, 7) is 2.56. The maximum Gasteiger partial charge on any atom is 0.321 e. The van der Waals surface area contributed by atoms with Crippen LogP contribution in [0.25, 0.3) is 0 Å². The highest BCUT2D eigenvalue weighted by Gasteiger charge is 2.08. The summed E-state index contributed by atoms with van der Waals surface area (Å²) in [6.07, 6.45) is 0. The van der Waals surface area contributed by atoms with E-state index in [0.29, 0.717) is 29.5 Å². The first-order valence-corrected chi connectivity index (χ1v) is 7.78. The van der Waals surface area contributed by atoms with Gasteiger partial charge in [-0.1, -0.05) is 0 Å². The van der Waals surface area contributed by atoms with Crippen LogP contribution in [-0.2, 0) is 0 Å². The summed E-state index contributed by atoms with van der Waals surface area (Å²) in [4.78, 5) is 12.0. The zero-order chi connectivity index (χ0) is 18.1. The third kappa shape index (κ3) is 5.49. The molecule has 0 saturated heterocycles. The van der Waals surface area contributed by atoms with Crippen LogP contribution in [0.1, 0.15) is 6.92 Å². The Bertz CT molecular complexity index is 688. The Kier molecular flexibility index (Phi) is 6.76. The van der Waals surface area contributed by atoms with Crippen LogP contribution < -0.4 is 29.6 Å². The minimum absolute atomic E-state index is 0.0261. The molecular weight excluding hydrogens is 324 g/mol. The summed E-state index contributed by atoms with van der Waals surface area (Å²) in [5.74, 6) is 2.54. The van der Waals surface area contributed by atoms with Crippen LogP contribution in [0.15, 0.2) is 42.5 Å². The molecule has 0 unspecified atom stereocenters. The second-order valence-electron chi connectivity index (χ2n) is 4.89. The number of hydrogen-bond acceptors (Lipinski definition) is 5. The van der Waals surface area contributed by atoms with Crippen LogP contribution in [0.3, 0.4) is 0 Å². The Morgan fingerprint density at radius 1 is 0.920 bits per heavy atom. The van der Waals surface area contributed by atoms with Gasteiger partial charge in [0.05, 0.1) is 26.5 Å². The van der Waals surface area contributed by atoms with Crippen LogP contribution in [0.2, 0.25) is 0 Å². The average molecular weight is 346 g/mol. The van der Waals surface area contributed by atoms with Gasteiger partial charge in [0.2, 0.25) is 0 Å². The van der Waals surface area contributed by atoms with Crippen molar-refractivity contribution in [1.82, 2.24) is 5.32 Å². The van der Waals surface area contributed by atoms with E-state index in [1.165, 1.54) is 7.11 Å². The maximum absolute atomic E-state index is 12.0. The number of methoxy groups -OCH3 is 2. The molecule has 0 atom stereocenters. The fraction of sp³-hybridized carbons (Fsp3) is 0.278. The molecule has 0 radical (unpaired) electrons. The first-order chi connectivity index (χ1) is 12.2. The van der Waals surface area contributed by atoms with E-state index in [0.717, 1.165) is 5.75 Å². The Morgan fingerprint density at radius 3 is 2.16 bits per heavy atom. The molecule has 0 heterocycles. The molecule has 134 valence electrons. The standard InChI is InChI=1S/C18H22N2O5/c1-4-24-13-5-7-14(8-6-13)25-12-19-18(21)20-16-10-9-15(22-2)11-17(16)23-3/h5-11H,4,12H2,1-3H3,(H2,19,20,21). The number of benzene rings is 2. The van der Waals surface area contributed by atoms with E-state index in [4.69, 9.17) is 18.9 Å². The van der Waals surface area contributed by atoms with Crippen molar-refractivity contribution in [2.75, 3.05) is 32.9 Å². The van der Waals surface area contributed by atoms with Gasteiger partial charge in [-0.2, -0.15) is 0 Å². The second kappa shape index (κ2) is 9.27. The summed E-state index contributed by atoms with van der Waals surface area (Å²) < 4.78 is 21.2. The minimum atomic E-state index is -0.408. The van der Waals surface area contributed by atoms with Crippen LogP contribution in [0.5, 0.6) is 23.0 Å². The first-order valence-electron chi connectivity index (χ1n) is 7.78. The van der Waals surface area contributed by atoms with Crippen molar-refractivity contribution in [3.05, 3.63) is 42.5 Å². The molecule has 2 aromatic carbocycles. The summed E-state index contributed by atoms with van der Waals surface area (Å²) in [6, 6.07) is 11.9. The summed E-state index contributed by atoms with van der Waals surface area (Å²) in [5, 5.41) is 5.30. The molecule has 2 aromatic rings. The normalized spacial score (nSPS) is 9.88. The molecule has 2 amide bonds. The highest BCUT2D eigenvalue weighted by atomic mass is 16.5. The highest BCUT2D eigenvalue weighted by Crippen LogP contribution is 2.28. The number of rotatable bonds is 8. The predicted molar refractivity (Wildman–Crippen MR) is 94.8 cm³/mol. The van der Waals surface area contributed by atoms with Crippen LogP contribution in [-0.4, -0.2) is 33.6 Å². The van der Waals surface area contributed by atoms with Crippen molar-refractivity contribution in [2.45, 2.75) is 6.92 Å². The molecule has 0 aromatic heterocycles.